The topological polar surface area (TPSA) is 89.9 Å². The number of rotatable bonds is 4. The normalized spacial score (nSPS) is 46.1. The minimum Gasteiger partial charge on any atom is -0.469 e. The van der Waals surface area contributed by atoms with E-state index in [2.05, 4.69) is 27.4 Å². The van der Waals surface area contributed by atoms with E-state index in [1.807, 2.05) is 19.9 Å². The summed E-state index contributed by atoms with van der Waals surface area (Å²) in [5.41, 5.74) is -0.488. The van der Waals surface area contributed by atoms with Gasteiger partial charge >= 0.3 is 11.9 Å². The third-order valence-corrected chi connectivity index (χ3v) is 13.5. The van der Waals surface area contributed by atoms with Gasteiger partial charge in [-0.05, 0) is 103 Å². The van der Waals surface area contributed by atoms with Crippen molar-refractivity contribution >= 4 is 17.7 Å². The number of Topliss-reactive ketones (excluding diaryl/α,β-unsaturated/α-hetero) is 1. The van der Waals surface area contributed by atoms with Crippen LogP contribution in [0.4, 0.5) is 0 Å². The lowest BCUT2D eigenvalue weighted by molar-refractivity contribution is -0.222. The number of carbonyl (C=O) groups excluding carboxylic acids is 3. The van der Waals surface area contributed by atoms with Crippen molar-refractivity contribution in [2.45, 2.75) is 86.0 Å². The van der Waals surface area contributed by atoms with Crippen LogP contribution in [0, 0.1) is 56.7 Å². The summed E-state index contributed by atoms with van der Waals surface area (Å²) in [6, 6.07) is 0. The first-order valence-corrected chi connectivity index (χ1v) is 14.9. The van der Waals surface area contributed by atoms with Crippen molar-refractivity contribution in [3.63, 3.8) is 0 Å². The molecule has 0 spiro atoms. The van der Waals surface area contributed by atoms with Gasteiger partial charge in [-0.3, -0.25) is 9.59 Å². The minimum absolute atomic E-state index is 0.0325. The van der Waals surface area contributed by atoms with E-state index >= 15 is 0 Å². The quantitative estimate of drug-likeness (QED) is 0.280. The number of ketones is 1. The first kappa shape index (κ1) is 28.6. The minimum atomic E-state index is -0.645. The number of carbonyl (C=O) groups is 3. The van der Waals surface area contributed by atoms with E-state index in [-0.39, 0.29) is 57.9 Å². The number of allylic oxidation sites excluding steroid dienone is 1. The van der Waals surface area contributed by atoms with Crippen LogP contribution in [0.15, 0.2) is 23.8 Å². The van der Waals surface area contributed by atoms with Gasteiger partial charge in [0.25, 0.3) is 0 Å². The summed E-state index contributed by atoms with van der Waals surface area (Å²) < 4.78 is 10.5. The highest BCUT2D eigenvalue weighted by Gasteiger charge is 2.72. The summed E-state index contributed by atoms with van der Waals surface area (Å²) >= 11 is 0. The average Bonchev–Trinajstić information content (AvgIpc) is 3.30. The number of aliphatic hydroxyl groups excluding tert-OH is 1. The molecule has 5 rings (SSSR count). The van der Waals surface area contributed by atoms with Crippen LogP contribution in [-0.2, 0) is 23.9 Å². The molecule has 1 N–H and O–H groups in total. The highest BCUT2D eigenvalue weighted by Crippen LogP contribution is 2.77. The summed E-state index contributed by atoms with van der Waals surface area (Å²) in [6.07, 6.45) is 9.30. The van der Waals surface area contributed by atoms with E-state index in [4.69, 9.17) is 9.47 Å². The largest absolute Gasteiger partial charge is 0.469 e. The molecule has 4 fully saturated rings. The maximum absolute atomic E-state index is 13.5. The second kappa shape index (κ2) is 9.03. The van der Waals surface area contributed by atoms with Gasteiger partial charge in [0.05, 0.1) is 31.8 Å². The molecule has 6 heteroatoms. The Morgan fingerprint density at radius 3 is 2.23 bits per heavy atom. The van der Waals surface area contributed by atoms with E-state index in [1.165, 1.54) is 14.2 Å². The molecular formula is C33H48O6. The summed E-state index contributed by atoms with van der Waals surface area (Å²) in [6.45, 7) is 15.4. The molecule has 4 saturated carbocycles. The molecule has 0 aromatic heterocycles. The molecule has 0 radical (unpaired) electrons. The average molecular weight is 541 g/mol. The van der Waals surface area contributed by atoms with Gasteiger partial charge in [0, 0.05) is 5.41 Å². The van der Waals surface area contributed by atoms with Crippen molar-refractivity contribution in [3.8, 4) is 0 Å². The molecule has 0 aromatic carbocycles. The van der Waals surface area contributed by atoms with Crippen LogP contribution in [0.3, 0.4) is 0 Å². The molecule has 216 valence electrons. The zero-order valence-electron chi connectivity index (χ0n) is 25.0. The number of hydrogen-bond donors (Lipinski definition) is 1. The fourth-order valence-corrected chi connectivity index (χ4v) is 11.5. The van der Waals surface area contributed by atoms with Crippen LogP contribution in [-0.4, -0.2) is 43.7 Å². The monoisotopic (exact) mass is 540 g/mol. The predicted molar refractivity (Wildman–Crippen MR) is 148 cm³/mol. The van der Waals surface area contributed by atoms with Crippen LogP contribution in [0.5, 0.6) is 0 Å². The Balaban J connectivity index is 1.62. The fourth-order valence-electron chi connectivity index (χ4n) is 11.5. The highest BCUT2D eigenvalue weighted by atomic mass is 16.5. The maximum atomic E-state index is 13.5. The molecule has 1 unspecified atom stereocenters. The predicted octanol–water partition coefficient (Wildman–Crippen LogP) is 5.68. The lowest BCUT2D eigenvalue weighted by Crippen LogP contribution is -2.66. The first-order chi connectivity index (χ1) is 18.2. The van der Waals surface area contributed by atoms with Crippen molar-refractivity contribution in [2.24, 2.45) is 56.7 Å². The third kappa shape index (κ3) is 3.45. The molecule has 0 heterocycles. The number of fused-ring (bicyclic) bond motifs is 7. The molecule has 9 atom stereocenters. The number of aliphatic hydroxyl groups is 1. The Morgan fingerprint density at radius 1 is 0.923 bits per heavy atom. The van der Waals surface area contributed by atoms with Gasteiger partial charge in [0.15, 0.2) is 5.78 Å². The molecule has 5 aliphatic rings. The van der Waals surface area contributed by atoms with Crippen LogP contribution in [0.25, 0.3) is 0 Å². The second-order valence-corrected chi connectivity index (χ2v) is 14.8. The van der Waals surface area contributed by atoms with E-state index in [9.17, 15) is 19.5 Å². The first-order valence-electron chi connectivity index (χ1n) is 14.9. The van der Waals surface area contributed by atoms with Crippen LogP contribution in [0.2, 0.25) is 0 Å². The number of hydrogen-bond acceptors (Lipinski definition) is 6. The lowest BCUT2D eigenvalue weighted by Gasteiger charge is -2.71. The Bertz CT molecular complexity index is 1140. The lowest BCUT2D eigenvalue weighted by atomic mass is 9.32. The van der Waals surface area contributed by atoms with Gasteiger partial charge in [-0.25, -0.2) is 4.79 Å². The zero-order chi connectivity index (χ0) is 28.8. The van der Waals surface area contributed by atoms with E-state index in [0.717, 1.165) is 56.9 Å². The number of esters is 2. The van der Waals surface area contributed by atoms with E-state index < -0.39 is 16.8 Å². The van der Waals surface area contributed by atoms with Gasteiger partial charge in [-0.1, -0.05) is 47.3 Å². The Morgan fingerprint density at radius 2 is 1.62 bits per heavy atom. The molecule has 0 amide bonds. The standard InChI is InChI=1S/C33H48O6/c1-19(18-34)20-11-14-33(28(37)39-8)16-15-31(5)22(25(20)33)9-10-24-30(4)17-21(27(36)38-7)26(35)29(2,3)23(30)12-13-32(24,31)6/h17,20,22-25,34H,1,9-16,18H2,2-8H3/t20-,22?,23-,24+,25+,30-,31+,32+,33-/m0/s1. The smallest absolute Gasteiger partial charge is 0.341 e. The van der Waals surface area contributed by atoms with Crippen molar-refractivity contribution < 1.29 is 29.0 Å². The van der Waals surface area contributed by atoms with Gasteiger partial charge in [-0.15, -0.1) is 0 Å². The Kier molecular flexibility index (Phi) is 6.61. The van der Waals surface area contributed by atoms with Gasteiger partial charge in [0.2, 0.25) is 0 Å². The van der Waals surface area contributed by atoms with Gasteiger partial charge < -0.3 is 14.6 Å². The van der Waals surface area contributed by atoms with Crippen molar-refractivity contribution in [3.05, 3.63) is 23.8 Å². The second-order valence-electron chi connectivity index (χ2n) is 14.8. The van der Waals surface area contributed by atoms with Crippen molar-refractivity contribution in [1.29, 1.82) is 0 Å². The molecule has 5 aliphatic carbocycles. The SMILES string of the molecule is C=C(CO)[C@@H]1CC[C@]2(C(=O)OC)CC[C@]3(C)C(CC[C@@H]4[C@@]5(C)C=C(C(=O)OC)C(=O)C(C)(C)[C@@H]5CC[C@]43C)[C@@H]12. The molecule has 6 nitrogen and oxygen atoms in total. The molecule has 0 aromatic rings. The van der Waals surface area contributed by atoms with Gasteiger partial charge in [0.1, 0.15) is 0 Å². The summed E-state index contributed by atoms with van der Waals surface area (Å²) in [7, 11) is 2.86. The Hall–Kier alpha value is -1.95. The third-order valence-electron chi connectivity index (χ3n) is 13.5. The highest BCUT2D eigenvalue weighted by molar-refractivity contribution is 6.20. The number of ether oxygens (including phenoxy) is 2. The van der Waals surface area contributed by atoms with Gasteiger partial charge in [-0.2, -0.15) is 0 Å². The number of methoxy groups -OCH3 is 2. The summed E-state index contributed by atoms with van der Waals surface area (Å²) in [4.78, 5) is 39.8. The zero-order valence-corrected chi connectivity index (χ0v) is 25.0. The van der Waals surface area contributed by atoms with Crippen LogP contribution >= 0.6 is 0 Å². The van der Waals surface area contributed by atoms with E-state index in [0.29, 0.717) is 11.8 Å². The molecule has 39 heavy (non-hydrogen) atoms. The van der Waals surface area contributed by atoms with Crippen molar-refractivity contribution in [2.75, 3.05) is 20.8 Å². The Labute approximate surface area is 234 Å². The van der Waals surface area contributed by atoms with E-state index in [1.54, 1.807) is 0 Å². The molecule has 0 aliphatic heterocycles. The fraction of sp³-hybridized carbons (Fsp3) is 0.788. The van der Waals surface area contributed by atoms with Crippen LogP contribution in [0.1, 0.15) is 86.0 Å². The molecular weight excluding hydrogens is 492 g/mol. The summed E-state index contributed by atoms with van der Waals surface area (Å²) in [5, 5.41) is 10.1. The van der Waals surface area contributed by atoms with Crippen molar-refractivity contribution in [1.82, 2.24) is 0 Å². The maximum Gasteiger partial charge on any atom is 0.341 e. The molecule has 0 saturated heterocycles. The molecule has 0 bridgehead atoms. The summed E-state index contributed by atoms with van der Waals surface area (Å²) in [5.74, 6) is 0.251. The van der Waals surface area contributed by atoms with Crippen LogP contribution < -0.4 is 0 Å².